The molecule has 0 aliphatic rings. The summed E-state index contributed by atoms with van der Waals surface area (Å²) in [5, 5.41) is 10.9. The lowest BCUT2D eigenvalue weighted by Crippen LogP contribution is -2.10. The van der Waals surface area contributed by atoms with Crippen LogP contribution < -0.4 is 0 Å². The van der Waals surface area contributed by atoms with Crippen LogP contribution >= 0.6 is 0 Å². The van der Waals surface area contributed by atoms with Crippen LogP contribution in [0.3, 0.4) is 0 Å². The number of esters is 1. The summed E-state index contributed by atoms with van der Waals surface area (Å²) in [4.78, 5) is 22.0. The topological polar surface area (TPSA) is 69.4 Å². The number of ether oxygens (including phenoxy) is 1. The van der Waals surface area contributed by atoms with Gasteiger partial charge in [-0.15, -0.1) is 0 Å². The fraction of sp³-hybridized carbons (Fsp3) is 0.500. The quantitative estimate of drug-likeness (QED) is 0.325. The Morgan fingerprint density at radius 1 is 1.37 bits per heavy atom. The van der Waals surface area contributed by atoms with Crippen molar-refractivity contribution in [2.24, 2.45) is 0 Å². The van der Waals surface area contributed by atoms with Crippen molar-refractivity contribution in [1.82, 2.24) is 0 Å². The minimum Gasteiger partial charge on any atom is -0.458 e. The van der Waals surface area contributed by atoms with Crippen molar-refractivity contribution in [3.05, 3.63) is 39.9 Å². The lowest BCUT2D eigenvalue weighted by Gasteiger charge is -2.13. The molecule has 1 rings (SSSR count). The first-order chi connectivity index (χ1) is 9.06. The summed E-state index contributed by atoms with van der Waals surface area (Å²) in [6, 6.07) is 6.32. The van der Waals surface area contributed by atoms with Crippen molar-refractivity contribution in [2.45, 2.75) is 45.6 Å². The van der Waals surface area contributed by atoms with Crippen LogP contribution in [0.5, 0.6) is 0 Å². The van der Waals surface area contributed by atoms with E-state index >= 15 is 0 Å². The number of para-hydroxylation sites is 1. The predicted molar refractivity (Wildman–Crippen MR) is 71.7 cm³/mol. The van der Waals surface area contributed by atoms with Crippen LogP contribution in [0.25, 0.3) is 0 Å². The summed E-state index contributed by atoms with van der Waals surface area (Å²) >= 11 is 0. The number of nitro groups is 1. The molecule has 0 aliphatic carbocycles. The molecule has 1 aromatic rings. The molecule has 1 atom stereocenters. The van der Waals surface area contributed by atoms with E-state index in [1.165, 1.54) is 6.07 Å². The Kier molecular flexibility index (Phi) is 5.99. The second-order valence-corrected chi connectivity index (χ2v) is 4.41. The van der Waals surface area contributed by atoms with Gasteiger partial charge in [0.1, 0.15) is 6.10 Å². The molecule has 0 saturated carbocycles. The number of carbonyl (C=O) groups is 1. The van der Waals surface area contributed by atoms with E-state index in [0.29, 0.717) is 12.0 Å². The first-order valence-corrected chi connectivity index (χ1v) is 6.49. The summed E-state index contributed by atoms with van der Waals surface area (Å²) < 4.78 is 5.23. The summed E-state index contributed by atoms with van der Waals surface area (Å²) in [5.74, 6) is -0.306. The highest BCUT2D eigenvalue weighted by molar-refractivity contribution is 5.69. The van der Waals surface area contributed by atoms with Gasteiger partial charge >= 0.3 is 5.97 Å². The van der Waals surface area contributed by atoms with Gasteiger partial charge in [0.15, 0.2) is 0 Å². The van der Waals surface area contributed by atoms with Gasteiger partial charge in [0.2, 0.25) is 0 Å². The third-order valence-corrected chi connectivity index (χ3v) is 2.86. The number of rotatable bonds is 7. The molecule has 0 N–H and O–H groups in total. The van der Waals surface area contributed by atoms with E-state index in [1.807, 2.05) is 0 Å². The number of hydrogen-bond acceptors (Lipinski definition) is 4. The van der Waals surface area contributed by atoms with Crippen molar-refractivity contribution >= 4 is 11.7 Å². The molecule has 0 fully saturated rings. The maximum atomic E-state index is 11.6. The van der Waals surface area contributed by atoms with Crippen molar-refractivity contribution in [2.75, 3.05) is 0 Å². The van der Waals surface area contributed by atoms with E-state index in [-0.39, 0.29) is 11.7 Å². The van der Waals surface area contributed by atoms with Crippen LogP contribution in [0.15, 0.2) is 24.3 Å². The van der Waals surface area contributed by atoms with Gasteiger partial charge in [-0.05, 0) is 19.4 Å². The number of carbonyl (C=O) groups excluding carboxylic acids is 1. The number of nitrogens with zero attached hydrogens (tertiary/aromatic N) is 1. The number of hydrogen-bond donors (Lipinski definition) is 0. The highest BCUT2D eigenvalue weighted by Crippen LogP contribution is 2.27. The summed E-state index contributed by atoms with van der Waals surface area (Å²) in [6.45, 7) is 3.71. The van der Waals surface area contributed by atoms with Crippen LogP contribution in [0.4, 0.5) is 5.69 Å². The minimum atomic E-state index is -0.601. The largest absolute Gasteiger partial charge is 0.458 e. The molecule has 0 aliphatic heterocycles. The Hall–Kier alpha value is -1.91. The fourth-order valence-corrected chi connectivity index (χ4v) is 1.84. The molecule has 0 radical (unpaired) electrons. The van der Waals surface area contributed by atoms with Crippen LogP contribution in [-0.2, 0) is 9.53 Å². The third kappa shape index (κ3) is 4.69. The van der Waals surface area contributed by atoms with Gasteiger partial charge in [0.05, 0.1) is 10.5 Å². The number of benzene rings is 1. The Balaban J connectivity index is 2.65. The van der Waals surface area contributed by atoms with Gasteiger partial charge < -0.3 is 4.74 Å². The normalized spacial score (nSPS) is 11.9. The van der Waals surface area contributed by atoms with Crippen molar-refractivity contribution in [1.29, 1.82) is 0 Å². The third-order valence-electron chi connectivity index (χ3n) is 2.86. The van der Waals surface area contributed by atoms with E-state index in [1.54, 1.807) is 25.1 Å². The predicted octanol–water partition coefficient (Wildman–Crippen LogP) is 3.78. The molecule has 5 heteroatoms. The van der Waals surface area contributed by atoms with Crippen LogP contribution in [0, 0.1) is 10.1 Å². The van der Waals surface area contributed by atoms with Crippen LogP contribution in [0.2, 0.25) is 0 Å². The van der Waals surface area contributed by atoms with Crippen molar-refractivity contribution in [3.8, 4) is 0 Å². The Bertz CT molecular complexity index is 445. The van der Waals surface area contributed by atoms with Gasteiger partial charge in [-0.2, -0.15) is 0 Å². The van der Waals surface area contributed by atoms with Crippen LogP contribution in [0.1, 0.15) is 51.2 Å². The molecule has 19 heavy (non-hydrogen) atoms. The first kappa shape index (κ1) is 15.1. The SMILES string of the molecule is CCCCCC(=O)OC(C)c1ccccc1[N+](=O)[O-]. The smallest absolute Gasteiger partial charge is 0.306 e. The van der Waals surface area contributed by atoms with Gasteiger partial charge in [0, 0.05) is 12.5 Å². The average Bonchev–Trinajstić information content (AvgIpc) is 2.39. The Morgan fingerprint density at radius 2 is 2.05 bits per heavy atom. The molecule has 0 amide bonds. The zero-order valence-corrected chi connectivity index (χ0v) is 11.3. The number of unbranched alkanes of at least 4 members (excludes halogenated alkanes) is 2. The van der Waals surface area contributed by atoms with E-state index < -0.39 is 11.0 Å². The second kappa shape index (κ2) is 7.51. The maximum Gasteiger partial charge on any atom is 0.306 e. The zero-order valence-electron chi connectivity index (χ0n) is 11.3. The lowest BCUT2D eigenvalue weighted by molar-refractivity contribution is -0.386. The summed E-state index contributed by atoms with van der Waals surface area (Å²) in [7, 11) is 0. The summed E-state index contributed by atoms with van der Waals surface area (Å²) in [5.41, 5.74) is 0.410. The van der Waals surface area contributed by atoms with Gasteiger partial charge in [0.25, 0.3) is 5.69 Å². The lowest BCUT2D eigenvalue weighted by atomic mass is 10.1. The maximum absolute atomic E-state index is 11.6. The summed E-state index contributed by atoms with van der Waals surface area (Å²) in [6.07, 6.45) is 2.57. The number of nitro benzene ring substituents is 1. The molecule has 1 unspecified atom stereocenters. The van der Waals surface area contributed by atoms with Gasteiger partial charge in [-0.3, -0.25) is 14.9 Å². The molecule has 0 aromatic heterocycles. The van der Waals surface area contributed by atoms with Crippen molar-refractivity contribution < 1.29 is 14.5 Å². The van der Waals surface area contributed by atoms with E-state index in [4.69, 9.17) is 4.74 Å². The highest BCUT2D eigenvalue weighted by atomic mass is 16.6. The molecular weight excluding hydrogens is 246 g/mol. The van der Waals surface area contributed by atoms with E-state index in [9.17, 15) is 14.9 Å². The van der Waals surface area contributed by atoms with Gasteiger partial charge in [-0.1, -0.05) is 31.9 Å². The molecule has 0 heterocycles. The average molecular weight is 265 g/mol. The molecule has 1 aromatic carbocycles. The van der Waals surface area contributed by atoms with Crippen LogP contribution in [-0.4, -0.2) is 10.9 Å². The second-order valence-electron chi connectivity index (χ2n) is 4.41. The molecule has 5 nitrogen and oxygen atoms in total. The molecule has 0 saturated heterocycles. The molecule has 0 bridgehead atoms. The first-order valence-electron chi connectivity index (χ1n) is 6.49. The standard InChI is InChI=1S/C14H19NO4/c1-3-4-5-10-14(16)19-11(2)12-8-6-7-9-13(12)15(17)18/h6-9,11H,3-5,10H2,1-2H3. The van der Waals surface area contributed by atoms with Gasteiger partial charge in [-0.25, -0.2) is 0 Å². The van der Waals surface area contributed by atoms with Crippen molar-refractivity contribution in [3.63, 3.8) is 0 Å². The minimum absolute atomic E-state index is 0.0173. The highest BCUT2D eigenvalue weighted by Gasteiger charge is 2.20. The Morgan fingerprint density at radius 3 is 2.68 bits per heavy atom. The van der Waals surface area contributed by atoms with E-state index in [0.717, 1.165) is 19.3 Å². The zero-order chi connectivity index (χ0) is 14.3. The molecule has 0 spiro atoms. The molecular formula is C14H19NO4. The fourth-order valence-electron chi connectivity index (χ4n) is 1.84. The van der Waals surface area contributed by atoms with E-state index in [2.05, 4.69) is 6.92 Å². The monoisotopic (exact) mass is 265 g/mol. The Labute approximate surface area is 112 Å². The molecule has 104 valence electrons.